The number of nitrogens with one attached hydrogen (secondary N) is 1. The third kappa shape index (κ3) is 3.73. The van der Waals surface area contributed by atoms with Gasteiger partial charge in [-0.05, 0) is 48.0 Å². The normalized spacial score (nSPS) is 12.7. The molecule has 3 aromatic rings. The predicted octanol–water partition coefficient (Wildman–Crippen LogP) is 3.74. The molecule has 0 bridgehead atoms. The van der Waals surface area contributed by atoms with E-state index in [-0.39, 0.29) is 17.4 Å². The average Bonchev–Trinajstić information content (AvgIpc) is 2.97. The van der Waals surface area contributed by atoms with Crippen LogP contribution in [-0.2, 0) is 6.61 Å². The number of hydrogen-bond acceptors (Lipinski definition) is 4. The van der Waals surface area contributed by atoms with Gasteiger partial charge in [0.1, 0.15) is 12.4 Å². The van der Waals surface area contributed by atoms with Crippen molar-refractivity contribution in [2.24, 2.45) is 0 Å². The van der Waals surface area contributed by atoms with Crippen LogP contribution in [0.25, 0.3) is 0 Å². The summed E-state index contributed by atoms with van der Waals surface area (Å²) in [5.41, 5.74) is 2.54. The number of fused-ring (bicyclic) bond motifs is 1. The molecule has 0 saturated carbocycles. The number of anilines is 1. The highest BCUT2D eigenvalue weighted by Crippen LogP contribution is 2.23. The maximum absolute atomic E-state index is 12.5. The fraction of sp³-hybridized carbons (Fsp3) is 0.0870. The summed E-state index contributed by atoms with van der Waals surface area (Å²) in [4.78, 5) is 37.6. The second-order valence-corrected chi connectivity index (χ2v) is 6.68. The topological polar surface area (TPSA) is 75.7 Å². The van der Waals surface area contributed by atoms with Crippen LogP contribution in [0.4, 0.5) is 5.69 Å². The highest BCUT2D eigenvalue weighted by atomic mass is 16.5. The number of amides is 3. The van der Waals surface area contributed by atoms with Crippen LogP contribution >= 0.6 is 0 Å². The molecule has 1 aliphatic rings. The quantitative estimate of drug-likeness (QED) is 0.678. The van der Waals surface area contributed by atoms with Crippen molar-refractivity contribution in [1.82, 2.24) is 4.90 Å². The Labute approximate surface area is 167 Å². The first kappa shape index (κ1) is 18.4. The van der Waals surface area contributed by atoms with Crippen molar-refractivity contribution in [3.8, 4) is 5.75 Å². The van der Waals surface area contributed by atoms with Crippen molar-refractivity contribution >= 4 is 23.4 Å². The molecule has 0 aromatic heterocycles. The van der Waals surface area contributed by atoms with Crippen LogP contribution in [0.1, 0.15) is 36.6 Å². The first-order valence-electron chi connectivity index (χ1n) is 9.07. The molecule has 144 valence electrons. The Morgan fingerprint density at radius 1 is 0.897 bits per heavy atom. The van der Waals surface area contributed by atoms with Crippen LogP contribution in [0.15, 0.2) is 72.8 Å². The van der Waals surface area contributed by atoms with E-state index in [1.807, 2.05) is 30.3 Å². The maximum Gasteiger partial charge on any atom is 0.261 e. The van der Waals surface area contributed by atoms with Gasteiger partial charge in [-0.3, -0.25) is 19.3 Å². The summed E-state index contributed by atoms with van der Waals surface area (Å²) in [7, 11) is 1.42. The number of hydrogen-bond donors (Lipinski definition) is 1. The molecule has 0 atom stereocenters. The largest absolute Gasteiger partial charge is 0.489 e. The van der Waals surface area contributed by atoms with E-state index < -0.39 is 5.91 Å². The highest BCUT2D eigenvalue weighted by Gasteiger charge is 2.33. The fourth-order valence-corrected chi connectivity index (χ4v) is 3.08. The van der Waals surface area contributed by atoms with E-state index in [2.05, 4.69) is 5.32 Å². The number of imide groups is 1. The molecular formula is C23H18N2O4. The van der Waals surface area contributed by atoms with E-state index in [1.165, 1.54) is 25.2 Å². The van der Waals surface area contributed by atoms with Crippen LogP contribution in [-0.4, -0.2) is 29.7 Å². The van der Waals surface area contributed by atoms with E-state index in [0.717, 1.165) is 10.5 Å². The lowest BCUT2D eigenvalue weighted by molar-refractivity contribution is 0.0693. The second-order valence-electron chi connectivity index (χ2n) is 6.68. The summed E-state index contributed by atoms with van der Waals surface area (Å²) in [5.74, 6) is -0.431. The molecule has 0 fully saturated rings. The van der Waals surface area contributed by atoms with Crippen LogP contribution in [0, 0.1) is 0 Å². The molecule has 29 heavy (non-hydrogen) atoms. The Morgan fingerprint density at radius 3 is 2.31 bits per heavy atom. The zero-order chi connectivity index (χ0) is 20.4. The Bertz CT molecular complexity index is 1090. The number of ether oxygens (including phenoxy) is 1. The summed E-state index contributed by atoms with van der Waals surface area (Å²) >= 11 is 0. The first-order chi connectivity index (χ1) is 14.0. The minimum absolute atomic E-state index is 0.245. The van der Waals surface area contributed by atoms with E-state index in [0.29, 0.717) is 29.2 Å². The summed E-state index contributed by atoms with van der Waals surface area (Å²) in [6.45, 7) is 0.461. The first-order valence-corrected chi connectivity index (χ1v) is 9.07. The van der Waals surface area contributed by atoms with Crippen molar-refractivity contribution < 1.29 is 19.1 Å². The number of rotatable bonds is 5. The summed E-state index contributed by atoms with van der Waals surface area (Å²) in [5, 5.41) is 2.78. The van der Waals surface area contributed by atoms with Gasteiger partial charge in [-0.2, -0.15) is 0 Å². The molecule has 0 spiro atoms. The third-order valence-electron chi connectivity index (χ3n) is 4.71. The molecule has 1 N–H and O–H groups in total. The van der Waals surface area contributed by atoms with Crippen molar-refractivity contribution in [3.63, 3.8) is 0 Å². The average molecular weight is 386 g/mol. The molecule has 6 heteroatoms. The lowest BCUT2D eigenvalue weighted by Gasteiger charge is -2.09. The van der Waals surface area contributed by atoms with Gasteiger partial charge in [0.15, 0.2) is 0 Å². The maximum atomic E-state index is 12.5. The summed E-state index contributed by atoms with van der Waals surface area (Å²) < 4.78 is 5.73. The van der Waals surface area contributed by atoms with Crippen LogP contribution in [0.2, 0.25) is 0 Å². The molecule has 0 radical (unpaired) electrons. The van der Waals surface area contributed by atoms with Crippen LogP contribution in [0.5, 0.6) is 5.75 Å². The summed E-state index contributed by atoms with van der Waals surface area (Å²) in [6, 6.07) is 21.4. The zero-order valence-corrected chi connectivity index (χ0v) is 15.7. The number of nitrogens with zero attached hydrogens (tertiary/aromatic N) is 1. The van der Waals surface area contributed by atoms with Crippen molar-refractivity contribution in [1.29, 1.82) is 0 Å². The Balaban J connectivity index is 1.41. The fourth-order valence-electron chi connectivity index (χ4n) is 3.08. The SMILES string of the molecule is CN1C(=O)c2ccc(C(=O)Nc3ccc(OCc4ccccc4)cc3)cc2C1=O. The van der Waals surface area contributed by atoms with Crippen molar-refractivity contribution in [2.75, 3.05) is 12.4 Å². The monoisotopic (exact) mass is 386 g/mol. The van der Waals surface area contributed by atoms with Gasteiger partial charge in [0.25, 0.3) is 17.7 Å². The molecule has 1 heterocycles. The smallest absolute Gasteiger partial charge is 0.261 e. The molecule has 0 aliphatic carbocycles. The Morgan fingerprint density at radius 2 is 1.59 bits per heavy atom. The van der Waals surface area contributed by atoms with Gasteiger partial charge in [-0.1, -0.05) is 30.3 Å². The van der Waals surface area contributed by atoms with Crippen LogP contribution < -0.4 is 10.1 Å². The third-order valence-corrected chi connectivity index (χ3v) is 4.71. The molecule has 1 aliphatic heterocycles. The predicted molar refractivity (Wildman–Crippen MR) is 108 cm³/mol. The van der Waals surface area contributed by atoms with Gasteiger partial charge in [0.2, 0.25) is 0 Å². The standard InChI is InChI=1S/C23H18N2O4/c1-25-22(27)19-12-7-16(13-20(19)23(25)28)21(26)24-17-8-10-18(11-9-17)29-14-15-5-3-2-4-6-15/h2-13H,14H2,1H3,(H,24,26). The van der Waals surface area contributed by atoms with Gasteiger partial charge >= 0.3 is 0 Å². The zero-order valence-electron chi connectivity index (χ0n) is 15.7. The molecule has 6 nitrogen and oxygen atoms in total. The van der Waals surface area contributed by atoms with E-state index in [9.17, 15) is 14.4 Å². The van der Waals surface area contributed by atoms with E-state index >= 15 is 0 Å². The van der Waals surface area contributed by atoms with Crippen molar-refractivity contribution in [3.05, 3.63) is 95.1 Å². The van der Waals surface area contributed by atoms with E-state index in [4.69, 9.17) is 4.74 Å². The Kier molecular flexibility index (Phi) is 4.83. The highest BCUT2D eigenvalue weighted by molar-refractivity contribution is 6.22. The molecular weight excluding hydrogens is 368 g/mol. The number of benzene rings is 3. The van der Waals surface area contributed by atoms with Gasteiger partial charge in [0, 0.05) is 18.3 Å². The lowest BCUT2D eigenvalue weighted by Crippen LogP contribution is -2.24. The molecule has 0 saturated heterocycles. The molecule has 4 rings (SSSR count). The lowest BCUT2D eigenvalue weighted by atomic mass is 10.1. The van der Waals surface area contributed by atoms with Gasteiger partial charge in [0.05, 0.1) is 11.1 Å². The Hall–Kier alpha value is -3.93. The van der Waals surface area contributed by atoms with Gasteiger partial charge in [-0.15, -0.1) is 0 Å². The van der Waals surface area contributed by atoms with Crippen molar-refractivity contribution in [2.45, 2.75) is 6.61 Å². The minimum atomic E-state index is -0.403. The van der Waals surface area contributed by atoms with Gasteiger partial charge in [-0.25, -0.2) is 0 Å². The molecule has 3 amide bonds. The number of carbonyl (C=O) groups is 3. The summed E-state index contributed by atoms with van der Waals surface area (Å²) in [6.07, 6.45) is 0. The molecule has 0 unspecified atom stereocenters. The second kappa shape index (κ2) is 7.59. The van der Waals surface area contributed by atoms with E-state index in [1.54, 1.807) is 24.3 Å². The van der Waals surface area contributed by atoms with Gasteiger partial charge < -0.3 is 10.1 Å². The minimum Gasteiger partial charge on any atom is -0.489 e. The molecule has 3 aromatic carbocycles. The van der Waals surface area contributed by atoms with Crippen LogP contribution in [0.3, 0.4) is 0 Å². The number of carbonyl (C=O) groups excluding carboxylic acids is 3.